The lowest BCUT2D eigenvalue weighted by Crippen LogP contribution is -2.52. The normalized spacial score (nSPS) is 15.0. The Bertz CT molecular complexity index is 1010. The van der Waals surface area contributed by atoms with Crippen LogP contribution in [0.1, 0.15) is 62.1 Å². The molecule has 2 aromatic rings. The second-order valence-corrected chi connectivity index (χ2v) is 9.86. The molecule has 1 aliphatic rings. The van der Waals surface area contributed by atoms with E-state index in [9.17, 15) is 9.59 Å². The second kappa shape index (κ2) is 12.5. The van der Waals surface area contributed by atoms with E-state index in [-0.39, 0.29) is 31.0 Å². The highest BCUT2D eigenvalue weighted by Gasteiger charge is 2.31. The zero-order chi connectivity index (χ0) is 24.7. The first kappa shape index (κ1) is 26.4. The molecule has 0 radical (unpaired) electrons. The number of rotatable bonds is 9. The second-order valence-electron chi connectivity index (χ2n) is 9.01. The third-order valence-electron chi connectivity index (χ3n) is 6.60. The summed E-state index contributed by atoms with van der Waals surface area (Å²) in [4.78, 5) is 28.3. The van der Waals surface area contributed by atoms with Gasteiger partial charge in [-0.1, -0.05) is 67.6 Å². The Hall–Kier alpha value is -2.24. The molecule has 2 amide bonds. The summed E-state index contributed by atoms with van der Waals surface area (Å²) in [6.45, 7) is 5.92. The Morgan fingerprint density at radius 3 is 2.53 bits per heavy atom. The van der Waals surface area contributed by atoms with Crippen LogP contribution in [0.3, 0.4) is 0 Å². The van der Waals surface area contributed by atoms with Crippen molar-refractivity contribution < 1.29 is 14.3 Å². The molecule has 1 N–H and O–H groups in total. The molecule has 1 unspecified atom stereocenters. The maximum absolute atomic E-state index is 13.4. The molecule has 34 heavy (non-hydrogen) atoms. The van der Waals surface area contributed by atoms with Gasteiger partial charge in [0.2, 0.25) is 5.91 Å². The van der Waals surface area contributed by atoms with Crippen molar-refractivity contribution in [3.63, 3.8) is 0 Å². The third kappa shape index (κ3) is 6.89. The van der Waals surface area contributed by atoms with Gasteiger partial charge in [-0.25, -0.2) is 0 Å². The lowest BCUT2D eigenvalue weighted by molar-refractivity contribution is -0.143. The van der Waals surface area contributed by atoms with E-state index in [2.05, 4.69) is 5.32 Å². The fraction of sp³-hybridized carbons (Fsp3) is 0.481. The molecule has 1 fully saturated rings. The van der Waals surface area contributed by atoms with Crippen LogP contribution in [0.5, 0.6) is 5.75 Å². The highest BCUT2D eigenvalue weighted by Crippen LogP contribution is 2.25. The van der Waals surface area contributed by atoms with Crippen LogP contribution in [0.4, 0.5) is 0 Å². The summed E-state index contributed by atoms with van der Waals surface area (Å²) < 4.78 is 5.89. The van der Waals surface area contributed by atoms with E-state index in [1.165, 1.54) is 6.42 Å². The van der Waals surface area contributed by atoms with Gasteiger partial charge in [0.15, 0.2) is 6.61 Å². The molecule has 0 bridgehead atoms. The van der Waals surface area contributed by atoms with Crippen LogP contribution in [0, 0.1) is 13.8 Å². The van der Waals surface area contributed by atoms with Crippen molar-refractivity contribution in [1.82, 2.24) is 10.2 Å². The molecular formula is C27H34Cl2N2O3. The molecule has 184 valence electrons. The standard InChI is InChI=1S/C27H34Cl2N2O3/c1-4-24(27(33)30-22-10-6-5-7-11-22)31(16-20-13-14-21(28)15-23(20)29)26(32)17-34-25-12-8-9-18(2)19(25)3/h8-9,12-15,22,24H,4-7,10-11,16-17H2,1-3H3,(H,30,33). The molecule has 5 nitrogen and oxygen atoms in total. The largest absolute Gasteiger partial charge is 0.483 e. The van der Waals surface area contributed by atoms with Crippen LogP contribution < -0.4 is 10.1 Å². The number of hydrogen-bond donors (Lipinski definition) is 1. The number of benzene rings is 2. The van der Waals surface area contributed by atoms with Crippen LogP contribution in [0.25, 0.3) is 0 Å². The third-order valence-corrected chi connectivity index (χ3v) is 7.19. The summed E-state index contributed by atoms with van der Waals surface area (Å²) in [5.74, 6) is 0.273. The number of nitrogens with one attached hydrogen (secondary N) is 1. The molecule has 0 saturated heterocycles. The molecule has 1 saturated carbocycles. The van der Waals surface area contributed by atoms with E-state index in [0.29, 0.717) is 22.2 Å². The van der Waals surface area contributed by atoms with Crippen LogP contribution >= 0.6 is 23.2 Å². The number of carbonyl (C=O) groups is 2. The van der Waals surface area contributed by atoms with Crippen LogP contribution in [-0.4, -0.2) is 35.4 Å². The predicted molar refractivity (Wildman–Crippen MR) is 138 cm³/mol. The smallest absolute Gasteiger partial charge is 0.261 e. The molecule has 0 aromatic heterocycles. The molecule has 2 aromatic carbocycles. The van der Waals surface area contributed by atoms with E-state index in [4.69, 9.17) is 27.9 Å². The zero-order valence-electron chi connectivity index (χ0n) is 20.2. The SMILES string of the molecule is CCC(C(=O)NC1CCCCC1)N(Cc1ccc(Cl)cc1Cl)C(=O)COc1cccc(C)c1C. The van der Waals surface area contributed by atoms with Crippen molar-refractivity contribution in [3.8, 4) is 5.75 Å². The number of aryl methyl sites for hydroxylation is 1. The van der Waals surface area contributed by atoms with Crippen molar-refractivity contribution >= 4 is 35.0 Å². The van der Waals surface area contributed by atoms with E-state index in [0.717, 1.165) is 42.4 Å². The summed E-state index contributed by atoms with van der Waals surface area (Å²) in [6.07, 6.45) is 5.89. The summed E-state index contributed by atoms with van der Waals surface area (Å²) in [7, 11) is 0. The molecule has 0 aliphatic heterocycles. The highest BCUT2D eigenvalue weighted by atomic mass is 35.5. The lowest BCUT2D eigenvalue weighted by atomic mass is 9.95. The Morgan fingerprint density at radius 1 is 1.12 bits per heavy atom. The first-order valence-corrected chi connectivity index (χ1v) is 12.8. The van der Waals surface area contributed by atoms with Gasteiger partial charge in [-0.3, -0.25) is 9.59 Å². The Morgan fingerprint density at radius 2 is 1.85 bits per heavy atom. The first-order valence-electron chi connectivity index (χ1n) is 12.0. The summed E-state index contributed by atoms with van der Waals surface area (Å²) in [5, 5.41) is 4.16. The van der Waals surface area contributed by atoms with E-state index < -0.39 is 6.04 Å². The quantitative estimate of drug-likeness (QED) is 0.439. The van der Waals surface area contributed by atoms with Crippen molar-refractivity contribution in [1.29, 1.82) is 0 Å². The van der Waals surface area contributed by atoms with Crippen molar-refractivity contribution in [2.45, 2.75) is 77.9 Å². The minimum atomic E-state index is -0.622. The predicted octanol–water partition coefficient (Wildman–Crippen LogP) is 6.25. The Labute approximate surface area is 212 Å². The van der Waals surface area contributed by atoms with Crippen LogP contribution in [-0.2, 0) is 16.1 Å². The maximum Gasteiger partial charge on any atom is 0.261 e. The molecule has 0 spiro atoms. The van der Waals surface area contributed by atoms with Crippen LogP contribution in [0.2, 0.25) is 10.0 Å². The number of nitrogens with zero attached hydrogens (tertiary/aromatic N) is 1. The average Bonchev–Trinajstić information content (AvgIpc) is 2.81. The molecule has 7 heteroatoms. The minimum Gasteiger partial charge on any atom is -0.483 e. The number of carbonyl (C=O) groups excluding carboxylic acids is 2. The molecule has 0 heterocycles. The molecule has 3 rings (SSSR count). The van der Waals surface area contributed by atoms with E-state index >= 15 is 0 Å². The van der Waals surface area contributed by atoms with Crippen LogP contribution in [0.15, 0.2) is 36.4 Å². The number of hydrogen-bond acceptors (Lipinski definition) is 3. The fourth-order valence-corrected chi connectivity index (χ4v) is 4.87. The summed E-state index contributed by atoms with van der Waals surface area (Å²) in [5.41, 5.74) is 2.81. The molecule has 1 aliphatic carbocycles. The highest BCUT2D eigenvalue weighted by molar-refractivity contribution is 6.35. The van der Waals surface area contributed by atoms with Gasteiger partial charge in [-0.2, -0.15) is 0 Å². The number of ether oxygens (including phenoxy) is 1. The fourth-order valence-electron chi connectivity index (χ4n) is 4.40. The van der Waals surface area contributed by atoms with Gasteiger partial charge in [0, 0.05) is 22.6 Å². The lowest BCUT2D eigenvalue weighted by Gasteiger charge is -2.33. The number of halogens is 2. The zero-order valence-corrected chi connectivity index (χ0v) is 21.7. The van der Waals surface area contributed by atoms with Gasteiger partial charge in [0.1, 0.15) is 11.8 Å². The maximum atomic E-state index is 13.4. The summed E-state index contributed by atoms with van der Waals surface area (Å²) >= 11 is 12.5. The van der Waals surface area contributed by atoms with Gasteiger partial charge in [-0.05, 0) is 68.0 Å². The molecule has 1 atom stereocenters. The minimum absolute atomic E-state index is 0.125. The van der Waals surface area contributed by atoms with Gasteiger partial charge in [0.25, 0.3) is 5.91 Å². The Balaban J connectivity index is 1.81. The topological polar surface area (TPSA) is 58.6 Å². The van der Waals surface area contributed by atoms with Crippen molar-refractivity contribution in [3.05, 3.63) is 63.1 Å². The van der Waals surface area contributed by atoms with Crippen molar-refractivity contribution in [2.75, 3.05) is 6.61 Å². The summed E-state index contributed by atoms with van der Waals surface area (Å²) in [6, 6.07) is 10.5. The van der Waals surface area contributed by atoms with E-state index in [1.54, 1.807) is 23.1 Å². The van der Waals surface area contributed by atoms with Gasteiger partial charge >= 0.3 is 0 Å². The Kier molecular flexibility index (Phi) is 9.66. The van der Waals surface area contributed by atoms with Gasteiger partial charge < -0.3 is 15.0 Å². The number of amides is 2. The molecular weight excluding hydrogens is 471 g/mol. The average molecular weight is 505 g/mol. The monoisotopic (exact) mass is 504 g/mol. The van der Waals surface area contributed by atoms with Gasteiger partial charge in [0.05, 0.1) is 0 Å². The van der Waals surface area contributed by atoms with E-state index in [1.807, 2.05) is 39.0 Å². The van der Waals surface area contributed by atoms with Gasteiger partial charge in [-0.15, -0.1) is 0 Å². The first-order chi connectivity index (χ1) is 16.3. The van der Waals surface area contributed by atoms with Crippen molar-refractivity contribution in [2.24, 2.45) is 0 Å².